The standard InChI is InChI=1S/C14H11ClN2OS/c15-11-6-7-19-14(11)13(18)10-8-16-17-12(10)9-4-2-1-3-5-9/h1-8,13,18H,(H,16,17). The van der Waals surface area contributed by atoms with Crippen LogP contribution in [-0.2, 0) is 0 Å². The number of aromatic nitrogens is 2. The summed E-state index contributed by atoms with van der Waals surface area (Å²) in [6.45, 7) is 0. The Balaban J connectivity index is 2.04. The molecule has 0 spiro atoms. The van der Waals surface area contributed by atoms with Crippen LogP contribution < -0.4 is 0 Å². The molecule has 1 unspecified atom stereocenters. The van der Waals surface area contributed by atoms with Gasteiger partial charge in [0.1, 0.15) is 6.10 Å². The Kier molecular flexibility index (Phi) is 3.38. The van der Waals surface area contributed by atoms with E-state index in [1.165, 1.54) is 11.3 Å². The summed E-state index contributed by atoms with van der Waals surface area (Å²) in [5, 5.41) is 19.9. The second kappa shape index (κ2) is 5.17. The van der Waals surface area contributed by atoms with Crippen LogP contribution >= 0.6 is 22.9 Å². The monoisotopic (exact) mass is 290 g/mol. The molecule has 3 nitrogen and oxygen atoms in total. The lowest BCUT2D eigenvalue weighted by molar-refractivity contribution is 0.225. The van der Waals surface area contributed by atoms with Gasteiger partial charge in [-0.3, -0.25) is 5.10 Å². The maximum atomic E-state index is 10.5. The van der Waals surface area contributed by atoms with Crippen LogP contribution in [0.3, 0.4) is 0 Å². The molecule has 0 aliphatic heterocycles. The fraction of sp³-hybridized carbons (Fsp3) is 0.0714. The van der Waals surface area contributed by atoms with Gasteiger partial charge in [0.05, 0.1) is 21.8 Å². The van der Waals surface area contributed by atoms with Gasteiger partial charge in [-0.05, 0) is 17.0 Å². The van der Waals surface area contributed by atoms with Crippen molar-refractivity contribution >= 4 is 22.9 Å². The van der Waals surface area contributed by atoms with E-state index in [-0.39, 0.29) is 0 Å². The number of thiophene rings is 1. The molecular formula is C14H11ClN2OS. The number of hydrogen-bond donors (Lipinski definition) is 2. The molecular weight excluding hydrogens is 280 g/mol. The lowest BCUT2D eigenvalue weighted by Gasteiger charge is -2.10. The molecule has 0 aliphatic carbocycles. The lowest BCUT2D eigenvalue weighted by Crippen LogP contribution is -1.98. The van der Waals surface area contributed by atoms with E-state index in [0.29, 0.717) is 5.02 Å². The van der Waals surface area contributed by atoms with Gasteiger partial charge in [0, 0.05) is 5.56 Å². The average molecular weight is 291 g/mol. The summed E-state index contributed by atoms with van der Waals surface area (Å²) >= 11 is 7.51. The summed E-state index contributed by atoms with van der Waals surface area (Å²) in [7, 11) is 0. The maximum absolute atomic E-state index is 10.5. The van der Waals surface area contributed by atoms with E-state index < -0.39 is 6.10 Å². The Morgan fingerprint density at radius 3 is 2.68 bits per heavy atom. The summed E-state index contributed by atoms with van der Waals surface area (Å²) in [6, 6.07) is 11.6. The SMILES string of the molecule is OC(c1cn[nH]c1-c1ccccc1)c1sccc1Cl. The maximum Gasteiger partial charge on any atom is 0.118 e. The van der Waals surface area contributed by atoms with Crippen molar-refractivity contribution < 1.29 is 5.11 Å². The zero-order valence-electron chi connectivity index (χ0n) is 9.88. The van der Waals surface area contributed by atoms with E-state index >= 15 is 0 Å². The lowest BCUT2D eigenvalue weighted by atomic mass is 10.0. The molecule has 0 radical (unpaired) electrons. The second-order valence-corrected chi connectivity index (χ2v) is 5.46. The van der Waals surface area contributed by atoms with Crippen molar-refractivity contribution in [2.75, 3.05) is 0 Å². The van der Waals surface area contributed by atoms with Gasteiger partial charge in [-0.2, -0.15) is 5.10 Å². The number of rotatable bonds is 3. The van der Waals surface area contributed by atoms with Gasteiger partial charge in [-0.25, -0.2) is 0 Å². The number of nitrogens with zero attached hydrogens (tertiary/aromatic N) is 1. The number of aromatic amines is 1. The second-order valence-electron chi connectivity index (χ2n) is 4.10. The molecule has 2 N–H and O–H groups in total. The Morgan fingerprint density at radius 1 is 1.21 bits per heavy atom. The highest BCUT2D eigenvalue weighted by molar-refractivity contribution is 7.10. The minimum atomic E-state index is -0.763. The first-order valence-electron chi connectivity index (χ1n) is 5.77. The normalized spacial score (nSPS) is 12.5. The van der Waals surface area contributed by atoms with Crippen LogP contribution in [-0.4, -0.2) is 15.3 Å². The van der Waals surface area contributed by atoms with E-state index in [1.807, 2.05) is 35.7 Å². The molecule has 0 aliphatic rings. The van der Waals surface area contributed by atoms with Crippen molar-refractivity contribution in [2.45, 2.75) is 6.10 Å². The fourth-order valence-electron chi connectivity index (χ4n) is 1.98. The average Bonchev–Trinajstić information content (AvgIpc) is 3.07. The topological polar surface area (TPSA) is 48.9 Å². The van der Waals surface area contributed by atoms with Crippen molar-refractivity contribution in [3.63, 3.8) is 0 Å². The first-order valence-corrected chi connectivity index (χ1v) is 7.03. The third-order valence-corrected chi connectivity index (χ3v) is 4.33. The van der Waals surface area contributed by atoms with E-state index in [9.17, 15) is 5.11 Å². The molecule has 3 rings (SSSR count). The van der Waals surface area contributed by atoms with Gasteiger partial charge < -0.3 is 5.11 Å². The van der Waals surface area contributed by atoms with Crippen LogP contribution in [0.15, 0.2) is 48.0 Å². The van der Waals surface area contributed by atoms with Gasteiger partial charge in [-0.1, -0.05) is 41.9 Å². The summed E-state index contributed by atoms with van der Waals surface area (Å²) in [5.41, 5.74) is 2.54. The molecule has 1 aromatic carbocycles. The van der Waals surface area contributed by atoms with Crippen LogP contribution in [0.1, 0.15) is 16.5 Å². The summed E-state index contributed by atoms with van der Waals surface area (Å²) in [6.07, 6.45) is 0.879. The molecule has 2 aromatic heterocycles. The molecule has 0 amide bonds. The Morgan fingerprint density at radius 2 is 2.00 bits per heavy atom. The number of aliphatic hydroxyl groups is 1. The van der Waals surface area contributed by atoms with E-state index in [4.69, 9.17) is 11.6 Å². The highest BCUT2D eigenvalue weighted by Gasteiger charge is 2.20. The number of aliphatic hydroxyl groups excluding tert-OH is 1. The van der Waals surface area contributed by atoms with Crippen molar-refractivity contribution in [3.05, 3.63) is 63.4 Å². The smallest absolute Gasteiger partial charge is 0.118 e. The van der Waals surface area contributed by atoms with Crippen LogP contribution in [0.5, 0.6) is 0 Å². The summed E-state index contributed by atoms with van der Waals surface area (Å²) in [5.74, 6) is 0. The molecule has 0 saturated carbocycles. The van der Waals surface area contributed by atoms with E-state index in [1.54, 1.807) is 12.3 Å². The quantitative estimate of drug-likeness (QED) is 0.769. The van der Waals surface area contributed by atoms with Crippen LogP contribution in [0.4, 0.5) is 0 Å². The predicted octanol–water partition coefficient (Wildman–Crippen LogP) is 3.87. The van der Waals surface area contributed by atoms with E-state index in [2.05, 4.69) is 10.2 Å². The Bertz CT molecular complexity index is 678. The number of H-pyrrole nitrogens is 1. The Hall–Kier alpha value is -1.62. The predicted molar refractivity (Wildman–Crippen MR) is 77.4 cm³/mol. The van der Waals surface area contributed by atoms with Crippen LogP contribution in [0, 0.1) is 0 Å². The van der Waals surface area contributed by atoms with Crippen LogP contribution in [0.2, 0.25) is 5.02 Å². The highest BCUT2D eigenvalue weighted by atomic mass is 35.5. The minimum Gasteiger partial charge on any atom is -0.383 e. The first-order chi connectivity index (χ1) is 9.27. The molecule has 2 heterocycles. The fourth-order valence-corrected chi connectivity index (χ4v) is 3.14. The van der Waals surface area contributed by atoms with Gasteiger partial charge in [0.25, 0.3) is 0 Å². The molecule has 96 valence electrons. The largest absolute Gasteiger partial charge is 0.383 e. The van der Waals surface area contributed by atoms with Crippen molar-refractivity contribution in [3.8, 4) is 11.3 Å². The van der Waals surface area contributed by atoms with Gasteiger partial charge in [0.15, 0.2) is 0 Å². The third kappa shape index (κ3) is 2.30. The zero-order chi connectivity index (χ0) is 13.2. The molecule has 1 atom stereocenters. The molecule has 3 aromatic rings. The minimum absolute atomic E-state index is 0.581. The summed E-state index contributed by atoms with van der Waals surface area (Å²) < 4.78 is 0. The Labute approximate surface area is 119 Å². The highest BCUT2D eigenvalue weighted by Crippen LogP contribution is 2.36. The zero-order valence-corrected chi connectivity index (χ0v) is 11.4. The number of halogens is 1. The van der Waals surface area contributed by atoms with Crippen molar-refractivity contribution in [2.24, 2.45) is 0 Å². The molecule has 5 heteroatoms. The van der Waals surface area contributed by atoms with E-state index in [0.717, 1.165) is 21.7 Å². The van der Waals surface area contributed by atoms with Crippen molar-refractivity contribution in [1.82, 2.24) is 10.2 Å². The van der Waals surface area contributed by atoms with Gasteiger partial charge in [-0.15, -0.1) is 11.3 Å². The number of hydrogen-bond acceptors (Lipinski definition) is 3. The molecule has 0 fully saturated rings. The number of benzene rings is 1. The van der Waals surface area contributed by atoms with Crippen LogP contribution in [0.25, 0.3) is 11.3 Å². The number of nitrogens with one attached hydrogen (secondary N) is 1. The van der Waals surface area contributed by atoms with Crippen molar-refractivity contribution in [1.29, 1.82) is 0 Å². The van der Waals surface area contributed by atoms with Gasteiger partial charge in [0.2, 0.25) is 0 Å². The van der Waals surface area contributed by atoms with Gasteiger partial charge >= 0.3 is 0 Å². The molecule has 0 saturated heterocycles. The molecule has 0 bridgehead atoms. The molecule has 19 heavy (non-hydrogen) atoms. The third-order valence-electron chi connectivity index (χ3n) is 2.92. The summed E-state index contributed by atoms with van der Waals surface area (Å²) in [4.78, 5) is 0.736. The first kappa shape index (κ1) is 12.4.